The Balaban J connectivity index is 0.000000332. The maximum atomic E-state index is 10.8. The Morgan fingerprint density at radius 1 is 0.738 bits per heavy atom. The van der Waals surface area contributed by atoms with Gasteiger partial charge in [-0.15, -0.1) is 0 Å². The zero-order valence-corrected chi connectivity index (χ0v) is 27.5. The molecule has 6 atom stereocenters. The summed E-state index contributed by atoms with van der Waals surface area (Å²) in [5.74, 6) is -2.85. The summed E-state index contributed by atoms with van der Waals surface area (Å²) in [7, 11) is 0. The minimum atomic E-state index is -1.25. The Morgan fingerprint density at radius 3 is 1.69 bits per heavy atom. The van der Waals surface area contributed by atoms with Crippen molar-refractivity contribution in [1.82, 2.24) is 10.2 Å². The first-order valence-electron chi connectivity index (χ1n) is 16.9. The molecule has 0 aromatic carbocycles. The number of carboxylic acids is 2. The highest BCUT2D eigenvalue weighted by Crippen LogP contribution is 2.51. The van der Waals surface area contributed by atoms with Crippen molar-refractivity contribution in [3.8, 4) is 0 Å². The quantitative estimate of drug-likeness (QED) is 0.123. The first kappa shape index (κ1) is 35.3. The second kappa shape index (κ2) is 14.3. The first-order chi connectivity index (χ1) is 19.5. The van der Waals surface area contributed by atoms with Crippen LogP contribution in [-0.2, 0) is 9.59 Å². The van der Waals surface area contributed by atoms with Gasteiger partial charge in [0.05, 0.1) is 12.2 Å². The molecule has 6 fully saturated rings. The Labute approximate surface area is 255 Å². The van der Waals surface area contributed by atoms with Crippen LogP contribution in [0.4, 0.5) is 0 Å². The average Bonchev–Trinajstić information content (AvgIpc) is 2.84. The summed E-state index contributed by atoms with van der Waals surface area (Å²) in [6.45, 7) is 14.7. The molecule has 0 radical (unpaired) electrons. The highest BCUT2D eigenvalue weighted by molar-refractivity contribution is 5.92. The predicted molar refractivity (Wildman–Crippen MR) is 166 cm³/mol. The molecule has 0 aromatic heterocycles. The second-order valence-corrected chi connectivity index (χ2v) is 15.7. The molecule has 4 saturated heterocycles. The van der Waals surface area contributed by atoms with Crippen LogP contribution in [0.25, 0.3) is 0 Å². The van der Waals surface area contributed by atoms with E-state index in [2.05, 4.69) is 51.8 Å². The number of unbranched alkanes of at least 4 members (excludes halogenated alkanes) is 8. The molecule has 0 spiro atoms. The van der Waals surface area contributed by atoms with Gasteiger partial charge in [-0.2, -0.15) is 0 Å². The van der Waals surface area contributed by atoms with Crippen molar-refractivity contribution in [2.75, 3.05) is 6.54 Å². The number of piperidine rings is 4. The molecule has 5 N–H and O–H groups in total. The van der Waals surface area contributed by atoms with Gasteiger partial charge in [-0.3, -0.25) is 14.5 Å². The van der Waals surface area contributed by atoms with Crippen molar-refractivity contribution in [3.05, 3.63) is 0 Å². The number of rotatable bonds is 14. The minimum Gasteiger partial charge on any atom is -0.481 e. The largest absolute Gasteiger partial charge is 0.481 e. The summed E-state index contributed by atoms with van der Waals surface area (Å²) < 4.78 is 0. The molecule has 4 aliphatic heterocycles. The smallest absolute Gasteiger partial charge is 0.317 e. The van der Waals surface area contributed by atoms with Gasteiger partial charge in [0, 0.05) is 34.0 Å². The van der Waals surface area contributed by atoms with Gasteiger partial charge in [0.25, 0.3) is 0 Å². The molecular weight excluding hydrogens is 532 g/mol. The molecule has 6 unspecified atom stereocenters. The number of aliphatic hydroxyl groups is 2. The van der Waals surface area contributed by atoms with Crippen LogP contribution in [0.3, 0.4) is 0 Å². The normalized spacial score (nSPS) is 34.7. The van der Waals surface area contributed by atoms with E-state index in [1.807, 2.05) is 0 Å². The van der Waals surface area contributed by atoms with Crippen LogP contribution >= 0.6 is 0 Å². The number of fused-ring (bicyclic) bond motifs is 6. The fourth-order valence-electron chi connectivity index (χ4n) is 9.28. The highest BCUT2D eigenvalue weighted by atomic mass is 16.4. The lowest BCUT2D eigenvalue weighted by Gasteiger charge is -2.64. The molecule has 244 valence electrons. The van der Waals surface area contributed by atoms with Gasteiger partial charge in [-0.1, -0.05) is 51.4 Å². The lowest BCUT2D eigenvalue weighted by molar-refractivity contribution is -0.172. The van der Waals surface area contributed by atoms with E-state index in [-0.39, 0.29) is 40.8 Å². The summed E-state index contributed by atoms with van der Waals surface area (Å²) in [5, 5.41) is 41.7. The molecule has 2 aliphatic carbocycles. The Kier molecular flexibility index (Phi) is 12.0. The summed E-state index contributed by atoms with van der Waals surface area (Å²) in [5.41, 5.74) is 0.561. The van der Waals surface area contributed by atoms with E-state index in [9.17, 15) is 19.8 Å². The fourth-order valence-corrected chi connectivity index (χ4v) is 9.28. The van der Waals surface area contributed by atoms with E-state index in [0.29, 0.717) is 18.3 Å². The third-order valence-corrected chi connectivity index (χ3v) is 11.5. The van der Waals surface area contributed by atoms with Crippen LogP contribution < -0.4 is 5.32 Å². The van der Waals surface area contributed by atoms with Gasteiger partial charge in [0.15, 0.2) is 5.92 Å². The third-order valence-electron chi connectivity index (χ3n) is 11.5. The fraction of sp³-hybridized carbons (Fsp3) is 0.941. The molecule has 6 rings (SSSR count). The van der Waals surface area contributed by atoms with Gasteiger partial charge >= 0.3 is 11.9 Å². The number of hydrogen-bond donors (Lipinski definition) is 5. The molecule has 8 heteroatoms. The van der Waals surface area contributed by atoms with Crippen LogP contribution in [0, 0.1) is 17.8 Å². The first-order valence-corrected chi connectivity index (χ1v) is 16.9. The van der Waals surface area contributed by atoms with E-state index in [1.54, 1.807) is 0 Å². The van der Waals surface area contributed by atoms with Crippen molar-refractivity contribution in [2.24, 2.45) is 17.8 Å². The van der Waals surface area contributed by atoms with Crippen LogP contribution in [0.15, 0.2) is 0 Å². The number of carboxylic acid groups (broad SMARTS) is 2. The summed E-state index contributed by atoms with van der Waals surface area (Å²) in [6, 6.07) is 0. The van der Waals surface area contributed by atoms with Crippen molar-refractivity contribution in [2.45, 2.75) is 179 Å². The zero-order chi connectivity index (χ0) is 31.3. The standard InChI is InChI=1S/C24H43NO5.C10H19NO/c1-23(2)19-14-15-24(3,17-20(19)26)25(23)16-12-10-8-6-4-5-7-9-11-13-18(21(27)28)22(29)30;1-9(2)7-4-5-10(3,11-9)6-8(7)12/h18-20,26H,4-17H2,1-3H3,(H,27,28)(H,29,30);7-8,11-12H,4-6H2,1-3H3. The molecule has 4 bridgehead atoms. The van der Waals surface area contributed by atoms with Crippen LogP contribution in [0.1, 0.15) is 144 Å². The molecular formula is C34H62N2O6. The number of aliphatic carboxylic acids is 2. The minimum absolute atomic E-state index is 0.0833. The predicted octanol–water partition coefficient (Wildman–Crippen LogP) is 5.97. The number of aliphatic hydroxyl groups excluding tert-OH is 2. The van der Waals surface area contributed by atoms with Gasteiger partial charge in [0.2, 0.25) is 0 Å². The van der Waals surface area contributed by atoms with E-state index in [0.717, 1.165) is 45.1 Å². The highest BCUT2D eigenvalue weighted by Gasteiger charge is 2.56. The third kappa shape index (κ3) is 8.48. The molecule has 0 amide bonds. The van der Waals surface area contributed by atoms with Crippen LogP contribution in [0.5, 0.6) is 0 Å². The van der Waals surface area contributed by atoms with Crippen molar-refractivity contribution >= 4 is 11.9 Å². The monoisotopic (exact) mass is 594 g/mol. The van der Waals surface area contributed by atoms with Gasteiger partial charge in [-0.05, 0) is 99.5 Å². The molecule has 8 nitrogen and oxygen atoms in total. The van der Waals surface area contributed by atoms with E-state index < -0.39 is 17.9 Å². The summed E-state index contributed by atoms with van der Waals surface area (Å²) >= 11 is 0. The Bertz CT molecular complexity index is 887. The number of nitrogens with zero attached hydrogens (tertiary/aromatic N) is 1. The molecule has 42 heavy (non-hydrogen) atoms. The maximum absolute atomic E-state index is 10.8. The maximum Gasteiger partial charge on any atom is 0.317 e. The molecule has 0 aromatic rings. The van der Waals surface area contributed by atoms with E-state index >= 15 is 0 Å². The van der Waals surface area contributed by atoms with Gasteiger partial charge in [-0.25, -0.2) is 0 Å². The van der Waals surface area contributed by atoms with Crippen LogP contribution in [-0.4, -0.2) is 78.2 Å². The Morgan fingerprint density at radius 2 is 1.24 bits per heavy atom. The summed E-state index contributed by atoms with van der Waals surface area (Å²) in [4.78, 5) is 24.4. The number of nitrogens with one attached hydrogen (secondary N) is 1. The van der Waals surface area contributed by atoms with Gasteiger partial charge < -0.3 is 25.7 Å². The van der Waals surface area contributed by atoms with Crippen molar-refractivity contribution < 1.29 is 30.0 Å². The molecule has 6 aliphatic rings. The second-order valence-electron chi connectivity index (χ2n) is 15.7. The van der Waals surface area contributed by atoms with Crippen LogP contribution in [0.2, 0.25) is 0 Å². The molecule has 2 saturated carbocycles. The summed E-state index contributed by atoms with van der Waals surface area (Å²) in [6.07, 6.45) is 16.5. The lowest BCUT2D eigenvalue weighted by atomic mass is 9.61. The molecule has 4 heterocycles. The number of hydrogen-bond acceptors (Lipinski definition) is 6. The Hall–Kier alpha value is -1.22. The number of carbonyl (C=O) groups is 2. The zero-order valence-electron chi connectivity index (χ0n) is 27.5. The van der Waals surface area contributed by atoms with E-state index in [4.69, 9.17) is 10.2 Å². The lowest BCUT2D eigenvalue weighted by Crippen LogP contribution is -2.71. The van der Waals surface area contributed by atoms with Gasteiger partial charge in [0.1, 0.15) is 0 Å². The topological polar surface area (TPSA) is 130 Å². The van der Waals surface area contributed by atoms with E-state index in [1.165, 1.54) is 51.4 Å². The van der Waals surface area contributed by atoms with Crippen molar-refractivity contribution in [3.63, 3.8) is 0 Å². The average molecular weight is 595 g/mol. The van der Waals surface area contributed by atoms with Crippen molar-refractivity contribution in [1.29, 1.82) is 0 Å². The SMILES string of the molecule is CC12CCC(C(O)C1)C(C)(C)N2.CC12CCC(C(O)C1)C(C)(C)N2CCCCCCCCCCCC(C(=O)O)C(=O)O.